The van der Waals surface area contributed by atoms with E-state index in [9.17, 15) is 9.59 Å². The van der Waals surface area contributed by atoms with Gasteiger partial charge in [-0.15, -0.1) is 0 Å². The highest BCUT2D eigenvalue weighted by Crippen LogP contribution is 2.21. The molecular weight excluding hydrogens is 354 g/mol. The van der Waals surface area contributed by atoms with Crippen LogP contribution in [0.2, 0.25) is 5.02 Å². The third kappa shape index (κ3) is 6.41. The van der Waals surface area contributed by atoms with Gasteiger partial charge in [0.1, 0.15) is 5.60 Å². The minimum atomic E-state index is -0.478. The molecule has 0 bridgehead atoms. The molecule has 1 aromatic rings. The minimum Gasteiger partial charge on any atom is -0.444 e. The Morgan fingerprint density at radius 2 is 1.81 bits per heavy atom. The Morgan fingerprint density at radius 3 is 2.35 bits per heavy atom. The molecular formula is C19H28ClN3O3. The molecule has 0 atom stereocenters. The number of nitrogens with one attached hydrogen (secondary N) is 1. The summed E-state index contributed by atoms with van der Waals surface area (Å²) in [5.41, 5.74) is 0.236. The summed E-state index contributed by atoms with van der Waals surface area (Å²) in [6, 6.07) is 6.87. The van der Waals surface area contributed by atoms with E-state index in [4.69, 9.17) is 16.3 Å². The number of piperidine rings is 1. The number of carbonyl (C=O) groups excluding carboxylic acids is 2. The van der Waals surface area contributed by atoms with Gasteiger partial charge in [-0.1, -0.05) is 11.6 Å². The van der Waals surface area contributed by atoms with Crippen molar-refractivity contribution in [2.45, 2.75) is 39.2 Å². The number of hydrogen-bond acceptors (Lipinski definition) is 3. The zero-order valence-electron chi connectivity index (χ0n) is 15.9. The lowest BCUT2D eigenvalue weighted by atomic mass is 9.96. The normalized spacial score (nSPS) is 15.5. The van der Waals surface area contributed by atoms with Gasteiger partial charge in [0.25, 0.3) is 0 Å². The fourth-order valence-corrected chi connectivity index (χ4v) is 2.97. The number of nitrogens with zero attached hydrogens (tertiary/aromatic N) is 2. The maximum Gasteiger partial charge on any atom is 0.410 e. The number of benzene rings is 1. The molecule has 26 heavy (non-hydrogen) atoms. The predicted octanol–water partition coefficient (Wildman–Crippen LogP) is 4.45. The van der Waals surface area contributed by atoms with Crippen LogP contribution in [0.1, 0.15) is 33.6 Å². The highest BCUT2D eigenvalue weighted by atomic mass is 35.5. The van der Waals surface area contributed by atoms with Crippen molar-refractivity contribution in [2.24, 2.45) is 5.92 Å². The van der Waals surface area contributed by atoms with Gasteiger partial charge < -0.3 is 19.9 Å². The summed E-state index contributed by atoms with van der Waals surface area (Å²) >= 11 is 5.85. The van der Waals surface area contributed by atoms with E-state index in [1.165, 1.54) is 0 Å². The quantitative estimate of drug-likeness (QED) is 0.841. The second kappa shape index (κ2) is 8.62. The number of anilines is 1. The summed E-state index contributed by atoms with van der Waals surface area (Å²) in [6.07, 6.45) is 1.46. The van der Waals surface area contributed by atoms with Gasteiger partial charge in [-0.2, -0.15) is 0 Å². The summed E-state index contributed by atoms with van der Waals surface area (Å²) in [4.78, 5) is 27.8. The molecule has 0 spiro atoms. The summed E-state index contributed by atoms with van der Waals surface area (Å²) in [5.74, 6) is 0.370. The van der Waals surface area contributed by atoms with Crippen molar-refractivity contribution >= 4 is 29.4 Å². The maximum absolute atomic E-state index is 12.3. The average Bonchev–Trinajstić information content (AvgIpc) is 2.56. The molecule has 1 N–H and O–H groups in total. The van der Waals surface area contributed by atoms with Crippen LogP contribution in [0.15, 0.2) is 24.3 Å². The Labute approximate surface area is 160 Å². The first kappa shape index (κ1) is 20.4. The molecule has 0 saturated carbocycles. The lowest BCUT2D eigenvalue weighted by Gasteiger charge is -2.34. The van der Waals surface area contributed by atoms with E-state index < -0.39 is 5.60 Å². The van der Waals surface area contributed by atoms with E-state index in [1.807, 2.05) is 20.8 Å². The predicted molar refractivity (Wildman–Crippen MR) is 104 cm³/mol. The fourth-order valence-electron chi connectivity index (χ4n) is 2.85. The van der Waals surface area contributed by atoms with Gasteiger partial charge in [0, 0.05) is 37.4 Å². The lowest BCUT2D eigenvalue weighted by Crippen LogP contribution is -2.44. The van der Waals surface area contributed by atoms with Crippen LogP contribution in [-0.4, -0.2) is 54.2 Å². The van der Waals surface area contributed by atoms with Crippen LogP contribution in [0.5, 0.6) is 0 Å². The second-order valence-electron chi connectivity index (χ2n) is 7.73. The zero-order valence-corrected chi connectivity index (χ0v) is 16.7. The fraction of sp³-hybridized carbons (Fsp3) is 0.579. The largest absolute Gasteiger partial charge is 0.444 e. The Balaban J connectivity index is 1.76. The van der Waals surface area contributed by atoms with E-state index >= 15 is 0 Å². The third-order valence-electron chi connectivity index (χ3n) is 4.24. The van der Waals surface area contributed by atoms with Crippen molar-refractivity contribution in [3.8, 4) is 0 Å². The molecule has 0 aromatic heterocycles. The van der Waals surface area contributed by atoms with E-state index in [0.717, 1.165) is 12.8 Å². The maximum atomic E-state index is 12.3. The molecule has 0 radical (unpaired) electrons. The van der Waals surface area contributed by atoms with E-state index in [0.29, 0.717) is 36.3 Å². The van der Waals surface area contributed by atoms with Crippen molar-refractivity contribution in [3.05, 3.63) is 29.3 Å². The van der Waals surface area contributed by atoms with Gasteiger partial charge in [0.15, 0.2) is 0 Å². The van der Waals surface area contributed by atoms with Crippen LogP contribution >= 0.6 is 11.6 Å². The summed E-state index contributed by atoms with van der Waals surface area (Å²) in [6.45, 7) is 7.57. The van der Waals surface area contributed by atoms with Gasteiger partial charge in [0.05, 0.1) is 0 Å². The van der Waals surface area contributed by atoms with Gasteiger partial charge in [0.2, 0.25) is 0 Å². The number of halogens is 1. The molecule has 6 nitrogen and oxygen atoms in total. The van der Waals surface area contributed by atoms with Gasteiger partial charge in [-0.05, 0) is 63.8 Å². The Morgan fingerprint density at radius 1 is 1.23 bits per heavy atom. The first-order valence-electron chi connectivity index (χ1n) is 8.89. The number of hydrogen-bond donors (Lipinski definition) is 1. The number of carbonyl (C=O) groups is 2. The van der Waals surface area contributed by atoms with E-state index in [2.05, 4.69) is 5.32 Å². The number of ether oxygens (including phenoxy) is 1. The molecule has 0 unspecified atom stereocenters. The molecule has 1 fully saturated rings. The van der Waals surface area contributed by atoms with E-state index in [-0.39, 0.29) is 12.1 Å². The topological polar surface area (TPSA) is 61.9 Å². The molecule has 7 heteroatoms. The number of urea groups is 1. The number of amides is 3. The molecule has 1 aliphatic rings. The highest BCUT2D eigenvalue weighted by molar-refractivity contribution is 6.30. The molecule has 1 saturated heterocycles. The number of likely N-dealkylation sites (tertiary alicyclic amines) is 1. The van der Waals surface area contributed by atoms with Gasteiger partial charge in [-0.3, -0.25) is 0 Å². The second-order valence-corrected chi connectivity index (χ2v) is 8.16. The van der Waals surface area contributed by atoms with Crippen molar-refractivity contribution in [1.82, 2.24) is 9.80 Å². The first-order chi connectivity index (χ1) is 12.1. The van der Waals surface area contributed by atoms with Crippen molar-refractivity contribution in [1.29, 1.82) is 0 Å². The van der Waals surface area contributed by atoms with Gasteiger partial charge >= 0.3 is 12.1 Å². The van der Waals surface area contributed by atoms with Crippen molar-refractivity contribution in [2.75, 3.05) is 32.0 Å². The van der Waals surface area contributed by atoms with Crippen LogP contribution in [0, 0.1) is 5.92 Å². The average molecular weight is 382 g/mol. The van der Waals surface area contributed by atoms with Crippen molar-refractivity contribution < 1.29 is 14.3 Å². The molecule has 1 aromatic carbocycles. The monoisotopic (exact) mass is 381 g/mol. The van der Waals surface area contributed by atoms with Gasteiger partial charge in [-0.25, -0.2) is 9.59 Å². The molecule has 0 aliphatic carbocycles. The Kier molecular flexibility index (Phi) is 6.75. The molecule has 1 heterocycles. The summed E-state index contributed by atoms with van der Waals surface area (Å²) in [7, 11) is 1.78. The SMILES string of the molecule is CN(CC1CCN(C(=O)OC(C)(C)C)CC1)C(=O)Nc1ccc(Cl)cc1. The summed E-state index contributed by atoms with van der Waals surface area (Å²) in [5, 5.41) is 3.49. The third-order valence-corrected chi connectivity index (χ3v) is 4.49. The molecule has 1 aliphatic heterocycles. The zero-order chi connectivity index (χ0) is 19.3. The van der Waals surface area contributed by atoms with E-state index in [1.54, 1.807) is 41.1 Å². The number of rotatable bonds is 3. The Bertz CT molecular complexity index is 620. The Hall–Kier alpha value is -1.95. The first-order valence-corrected chi connectivity index (χ1v) is 9.27. The molecule has 2 rings (SSSR count). The van der Waals surface area contributed by atoms with Crippen molar-refractivity contribution in [3.63, 3.8) is 0 Å². The molecule has 3 amide bonds. The van der Waals surface area contributed by atoms with Crippen LogP contribution in [0.25, 0.3) is 0 Å². The molecule has 144 valence electrons. The lowest BCUT2D eigenvalue weighted by molar-refractivity contribution is 0.0176. The van der Waals surface area contributed by atoms with Crippen LogP contribution in [-0.2, 0) is 4.74 Å². The van der Waals surface area contributed by atoms with Crippen LogP contribution < -0.4 is 5.32 Å². The summed E-state index contributed by atoms with van der Waals surface area (Å²) < 4.78 is 5.41. The minimum absolute atomic E-state index is 0.151. The smallest absolute Gasteiger partial charge is 0.410 e. The van der Waals surface area contributed by atoms with Crippen LogP contribution in [0.3, 0.4) is 0 Å². The standard InChI is InChI=1S/C19H28ClN3O3/c1-19(2,3)26-18(25)23-11-9-14(10-12-23)13-22(4)17(24)21-16-7-5-15(20)6-8-16/h5-8,14H,9-13H2,1-4H3,(H,21,24). The van der Waals surface area contributed by atoms with Crippen LogP contribution in [0.4, 0.5) is 15.3 Å². The highest BCUT2D eigenvalue weighted by Gasteiger charge is 2.27.